The van der Waals surface area contributed by atoms with Gasteiger partial charge in [0.05, 0.1) is 11.3 Å². The summed E-state index contributed by atoms with van der Waals surface area (Å²) in [5.41, 5.74) is 9.44. The van der Waals surface area contributed by atoms with Gasteiger partial charge >= 0.3 is 0 Å². The number of nitrogens with zero attached hydrogens (tertiary/aromatic N) is 3. The Morgan fingerprint density at radius 1 is 1.17 bits per heavy atom. The molecule has 0 atom stereocenters. The Balaban J connectivity index is 1.98. The maximum absolute atomic E-state index is 4.51. The fraction of sp³-hybridized carbons (Fsp3) is 0.333. The Morgan fingerprint density at radius 3 is 2.71 bits per heavy atom. The SMILES string of the molecule is Cc1c[n+](C)c(-c2c(C)ccc3c2Cc2nccn2-3)cc1C(C)C. The molecule has 0 amide bonds. The second kappa shape index (κ2) is 5.30. The largest absolute Gasteiger partial charge is 0.303 e. The highest BCUT2D eigenvalue weighted by molar-refractivity contribution is 5.73. The van der Waals surface area contributed by atoms with E-state index in [9.17, 15) is 0 Å². The molecule has 0 bridgehead atoms. The van der Waals surface area contributed by atoms with E-state index < -0.39 is 0 Å². The fourth-order valence-corrected chi connectivity index (χ4v) is 4.03. The van der Waals surface area contributed by atoms with Crippen LogP contribution in [0.15, 0.2) is 36.8 Å². The molecule has 3 heteroatoms. The first-order valence-corrected chi connectivity index (χ1v) is 8.63. The molecular weight excluding hydrogens is 294 g/mol. The van der Waals surface area contributed by atoms with Crippen molar-refractivity contribution in [2.45, 2.75) is 40.0 Å². The monoisotopic (exact) mass is 318 g/mol. The third kappa shape index (κ3) is 2.11. The predicted octanol–water partition coefficient (Wildman–Crippen LogP) is 4.01. The van der Waals surface area contributed by atoms with Crippen LogP contribution < -0.4 is 4.57 Å². The normalized spacial score (nSPS) is 12.6. The van der Waals surface area contributed by atoms with Gasteiger partial charge in [0.1, 0.15) is 12.9 Å². The molecule has 0 N–H and O–H groups in total. The van der Waals surface area contributed by atoms with Gasteiger partial charge in [-0.25, -0.2) is 9.55 Å². The summed E-state index contributed by atoms with van der Waals surface area (Å²) >= 11 is 0. The molecule has 24 heavy (non-hydrogen) atoms. The first-order valence-electron chi connectivity index (χ1n) is 8.63. The molecule has 1 aromatic carbocycles. The van der Waals surface area contributed by atoms with E-state index in [2.05, 4.69) is 79.5 Å². The Bertz CT molecular complexity index is 948. The molecule has 0 radical (unpaired) electrons. The Labute approximate surface area is 143 Å². The average molecular weight is 318 g/mol. The standard InChI is InChI=1S/C21H24N3/c1-13(2)16-10-19(23(5)12-15(16)4)21-14(3)6-7-18-17(21)11-20-22-8-9-24(18)20/h6-10,12-13H,11H2,1-5H3/q+1. The second-order valence-corrected chi connectivity index (χ2v) is 7.21. The maximum Gasteiger partial charge on any atom is 0.213 e. The summed E-state index contributed by atoms with van der Waals surface area (Å²) in [6.07, 6.45) is 7.12. The van der Waals surface area contributed by atoms with E-state index in [1.807, 2.05) is 6.20 Å². The number of hydrogen-bond acceptors (Lipinski definition) is 1. The molecule has 0 unspecified atom stereocenters. The quantitative estimate of drug-likeness (QED) is 0.512. The number of aromatic nitrogens is 3. The highest BCUT2D eigenvalue weighted by atomic mass is 15.1. The first-order chi connectivity index (χ1) is 11.5. The molecule has 3 aromatic rings. The molecular formula is C21H24N3+. The lowest BCUT2D eigenvalue weighted by atomic mass is 9.92. The summed E-state index contributed by atoms with van der Waals surface area (Å²) in [6.45, 7) is 8.96. The third-order valence-corrected chi connectivity index (χ3v) is 5.20. The molecule has 0 saturated carbocycles. The lowest BCUT2D eigenvalue weighted by Gasteiger charge is -2.14. The fourth-order valence-electron chi connectivity index (χ4n) is 4.03. The molecule has 1 aliphatic rings. The Morgan fingerprint density at radius 2 is 1.96 bits per heavy atom. The molecule has 122 valence electrons. The zero-order chi connectivity index (χ0) is 17.0. The van der Waals surface area contributed by atoms with Crippen LogP contribution in [-0.2, 0) is 13.5 Å². The van der Waals surface area contributed by atoms with Gasteiger partial charge in [-0.3, -0.25) is 0 Å². The number of hydrogen-bond donors (Lipinski definition) is 0. The Hall–Kier alpha value is -2.42. The van der Waals surface area contributed by atoms with Crippen molar-refractivity contribution in [2.24, 2.45) is 7.05 Å². The number of fused-ring (bicyclic) bond motifs is 3. The highest BCUT2D eigenvalue weighted by Gasteiger charge is 2.27. The first kappa shape index (κ1) is 15.1. The molecule has 1 aliphatic heterocycles. The van der Waals surface area contributed by atoms with Crippen molar-refractivity contribution in [3.63, 3.8) is 0 Å². The topological polar surface area (TPSA) is 21.7 Å². The lowest BCUT2D eigenvalue weighted by Crippen LogP contribution is -2.32. The van der Waals surface area contributed by atoms with Crippen LogP contribution in [0.5, 0.6) is 0 Å². The van der Waals surface area contributed by atoms with E-state index >= 15 is 0 Å². The second-order valence-electron chi connectivity index (χ2n) is 7.21. The van der Waals surface area contributed by atoms with Gasteiger partial charge in [0.2, 0.25) is 5.69 Å². The predicted molar refractivity (Wildman–Crippen MR) is 96.5 cm³/mol. The van der Waals surface area contributed by atoms with E-state index in [4.69, 9.17) is 0 Å². The van der Waals surface area contributed by atoms with Crippen molar-refractivity contribution in [3.05, 3.63) is 64.9 Å². The minimum absolute atomic E-state index is 0.525. The van der Waals surface area contributed by atoms with E-state index in [-0.39, 0.29) is 0 Å². The minimum Gasteiger partial charge on any atom is -0.303 e. The molecule has 2 aromatic heterocycles. The summed E-state index contributed by atoms with van der Waals surface area (Å²) in [7, 11) is 2.15. The number of imidazole rings is 1. The lowest BCUT2D eigenvalue weighted by molar-refractivity contribution is -0.660. The van der Waals surface area contributed by atoms with Gasteiger partial charge in [0.25, 0.3) is 0 Å². The van der Waals surface area contributed by atoms with Gasteiger partial charge < -0.3 is 4.57 Å². The Kier molecular flexibility index (Phi) is 3.34. The zero-order valence-electron chi connectivity index (χ0n) is 15.1. The molecule has 0 spiro atoms. The number of benzene rings is 1. The van der Waals surface area contributed by atoms with Crippen molar-refractivity contribution < 1.29 is 4.57 Å². The molecule has 0 saturated heterocycles. The number of pyridine rings is 1. The van der Waals surface area contributed by atoms with E-state index in [0.29, 0.717) is 5.92 Å². The van der Waals surface area contributed by atoms with Crippen molar-refractivity contribution in [3.8, 4) is 16.9 Å². The van der Waals surface area contributed by atoms with E-state index in [1.165, 1.54) is 39.2 Å². The van der Waals surface area contributed by atoms with Gasteiger partial charge in [-0.1, -0.05) is 19.9 Å². The molecule has 4 rings (SSSR count). The van der Waals surface area contributed by atoms with Crippen LogP contribution in [0, 0.1) is 13.8 Å². The van der Waals surface area contributed by atoms with Crippen molar-refractivity contribution in [1.82, 2.24) is 9.55 Å². The van der Waals surface area contributed by atoms with Crippen LogP contribution in [0.25, 0.3) is 16.9 Å². The van der Waals surface area contributed by atoms with E-state index in [1.54, 1.807) is 0 Å². The number of rotatable bonds is 2. The summed E-state index contributed by atoms with van der Waals surface area (Å²) < 4.78 is 4.49. The molecule has 0 fully saturated rings. The van der Waals surface area contributed by atoms with Gasteiger partial charge in [-0.05, 0) is 42.5 Å². The molecule has 3 heterocycles. The summed E-state index contributed by atoms with van der Waals surface area (Å²) in [5.74, 6) is 1.66. The number of aryl methyl sites for hydroxylation is 3. The van der Waals surface area contributed by atoms with Crippen molar-refractivity contribution in [1.29, 1.82) is 0 Å². The van der Waals surface area contributed by atoms with Crippen LogP contribution in [0.3, 0.4) is 0 Å². The smallest absolute Gasteiger partial charge is 0.213 e. The third-order valence-electron chi connectivity index (χ3n) is 5.20. The van der Waals surface area contributed by atoms with Gasteiger partial charge in [-0.2, -0.15) is 0 Å². The highest BCUT2D eigenvalue weighted by Crippen LogP contribution is 2.37. The summed E-state index contributed by atoms with van der Waals surface area (Å²) in [5, 5.41) is 0. The van der Waals surface area contributed by atoms with Crippen LogP contribution in [0.2, 0.25) is 0 Å². The van der Waals surface area contributed by atoms with Gasteiger partial charge in [0.15, 0.2) is 6.20 Å². The minimum atomic E-state index is 0.525. The van der Waals surface area contributed by atoms with Crippen LogP contribution in [0.1, 0.15) is 47.8 Å². The summed E-state index contributed by atoms with van der Waals surface area (Å²) in [6, 6.07) is 6.84. The zero-order valence-corrected chi connectivity index (χ0v) is 15.1. The van der Waals surface area contributed by atoms with Crippen molar-refractivity contribution >= 4 is 0 Å². The van der Waals surface area contributed by atoms with Crippen LogP contribution in [0.4, 0.5) is 0 Å². The van der Waals surface area contributed by atoms with Gasteiger partial charge in [0, 0.05) is 30.4 Å². The maximum atomic E-state index is 4.51. The van der Waals surface area contributed by atoms with Crippen LogP contribution >= 0.6 is 0 Å². The van der Waals surface area contributed by atoms with Gasteiger partial charge in [-0.15, -0.1) is 0 Å². The average Bonchev–Trinajstić information content (AvgIpc) is 3.08. The summed E-state index contributed by atoms with van der Waals surface area (Å²) in [4.78, 5) is 4.51. The molecule has 0 aliphatic carbocycles. The molecule has 3 nitrogen and oxygen atoms in total. The van der Waals surface area contributed by atoms with E-state index in [0.717, 1.165) is 12.2 Å². The van der Waals surface area contributed by atoms with Crippen LogP contribution in [-0.4, -0.2) is 9.55 Å². The van der Waals surface area contributed by atoms with Crippen molar-refractivity contribution in [2.75, 3.05) is 0 Å².